The molecule has 0 unspecified atom stereocenters. The third-order valence-electron chi connectivity index (χ3n) is 6.19. The number of methoxy groups -OCH3 is 1. The van der Waals surface area contributed by atoms with Crippen LogP contribution in [0.5, 0.6) is 11.5 Å². The topological polar surface area (TPSA) is 140 Å². The van der Waals surface area contributed by atoms with E-state index in [2.05, 4.69) is 15.8 Å². The molecule has 2 N–H and O–H groups in total. The molecule has 3 aromatic carbocycles. The van der Waals surface area contributed by atoms with Gasteiger partial charge in [-0.2, -0.15) is 5.10 Å². The Morgan fingerprint density at radius 1 is 0.953 bits per heavy atom. The van der Waals surface area contributed by atoms with E-state index in [1.54, 1.807) is 66.7 Å². The fraction of sp³-hybridized carbons (Fsp3) is 0.194. The van der Waals surface area contributed by atoms with E-state index in [4.69, 9.17) is 13.9 Å². The maximum absolute atomic E-state index is 13.7. The van der Waals surface area contributed by atoms with Crippen LogP contribution in [0.1, 0.15) is 22.5 Å². The molecule has 2 amide bonds. The molecular weight excluding hydrogens is 572 g/mol. The lowest BCUT2D eigenvalue weighted by Gasteiger charge is -2.25. The van der Waals surface area contributed by atoms with Crippen LogP contribution >= 0.6 is 0 Å². The highest BCUT2D eigenvalue weighted by Crippen LogP contribution is 2.33. The van der Waals surface area contributed by atoms with Crippen molar-refractivity contribution < 1.29 is 31.9 Å². The molecule has 0 bridgehead atoms. The fourth-order valence-electron chi connectivity index (χ4n) is 3.93. The highest BCUT2D eigenvalue weighted by atomic mass is 32.2. The summed E-state index contributed by atoms with van der Waals surface area (Å²) in [6, 6.07) is 21.7. The number of aryl methyl sites for hydroxylation is 2. The molecule has 12 heteroatoms. The monoisotopic (exact) mass is 604 g/mol. The Bertz CT molecular complexity index is 1670. The molecule has 11 nitrogen and oxygen atoms in total. The standard InChI is InChI=1S/C31H32N4O7S/c1-22-6-13-27(14-7-22)43(38,39)35(28-17-23(2)8-15-29(28)40-3)20-30(36)34-33-18-24-9-11-25(12-10-24)42-21-31(37)32-19-26-5-4-16-41-26/h4-18H,19-21H2,1-3H3,(H,32,37)(H,34,36)/b33-18-. The van der Waals surface area contributed by atoms with Gasteiger partial charge in [0.25, 0.3) is 21.8 Å². The molecule has 4 rings (SSSR count). The summed E-state index contributed by atoms with van der Waals surface area (Å²) < 4.78 is 44.4. The molecule has 0 spiro atoms. The Morgan fingerprint density at radius 2 is 1.67 bits per heavy atom. The van der Waals surface area contributed by atoms with E-state index >= 15 is 0 Å². The molecule has 0 radical (unpaired) electrons. The van der Waals surface area contributed by atoms with Gasteiger partial charge in [-0.1, -0.05) is 23.8 Å². The van der Waals surface area contributed by atoms with Gasteiger partial charge in [-0.05, 0) is 85.6 Å². The third-order valence-corrected chi connectivity index (χ3v) is 7.97. The number of anilines is 1. The average Bonchev–Trinajstić information content (AvgIpc) is 3.52. The van der Waals surface area contributed by atoms with Gasteiger partial charge in [0.15, 0.2) is 6.61 Å². The molecule has 0 atom stereocenters. The summed E-state index contributed by atoms with van der Waals surface area (Å²) in [4.78, 5) is 24.9. The fourth-order valence-corrected chi connectivity index (χ4v) is 5.35. The number of carbonyl (C=O) groups is 2. The van der Waals surface area contributed by atoms with Crippen LogP contribution in [0.3, 0.4) is 0 Å². The first kappa shape index (κ1) is 30.8. The van der Waals surface area contributed by atoms with Crippen molar-refractivity contribution in [1.29, 1.82) is 0 Å². The largest absolute Gasteiger partial charge is 0.495 e. The molecule has 0 saturated heterocycles. The molecule has 1 aromatic heterocycles. The molecule has 43 heavy (non-hydrogen) atoms. The average molecular weight is 605 g/mol. The second-order valence-corrected chi connectivity index (χ2v) is 11.4. The Labute approximate surface area is 250 Å². The number of nitrogens with zero attached hydrogens (tertiary/aromatic N) is 2. The van der Waals surface area contributed by atoms with Gasteiger partial charge in [0.2, 0.25) is 0 Å². The number of hydrazone groups is 1. The Balaban J connectivity index is 1.38. The van der Waals surface area contributed by atoms with Crippen molar-refractivity contribution in [1.82, 2.24) is 10.7 Å². The number of rotatable bonds is 13. The Kier molecular flexibility index (Phi) is 10.2. The van der Waals surface area contributed by atoms with Crippen LogP contribution in [0.4, 0.5) is 5.69 Å². The van der Waals surface area contributed by atoms with Crippen molar-refractivity contribution in [3.05, 3.63) is 108 Å². The van der Waals surface area contributed by atoms with E-state index < -0.39 is 22.5 Å². The minimum atomic E-state index is -4.13. The van der Waals surface area contributed by atoms with Crippen LogP contribution in [0.25, 0.3) is 0 Å². The summed E-state index contributed by atoms with van der Waals surface area (Å²) in [5, 5.41) is 6.67. The van der Waals surface area contributed by atoms with Gasteiger partial charge in [-0.15, -0.1) is 0 Å². The minimum Gasteiger partial charge on any atom is -0.495 e. The summed E-state index contributed by atoms with van der Waals surface area (Å²) in [6.45, 7) is 3.23. The van der Waals surface area contributed by atoms with E-state index in [9.17, 15) is 18.0 Å². The van der Waals surface area contributed by atoms with Gasteiger partial charge < -0.3 is 19.2 Å². The van der Waals surface area contributed by atoms with Crippen molar-refractivity contribution in [2.45, 2.75) is 25.3 Å². The maximum atomic E-state index is 13.7. The number of furan rings is 1. The van der Waals surface area contributed by atoms with E-state index in [1.807, 2.05) is 13.8 Å². The van der Waals surface area contributed by atoms with E-state index in [0.717, 1.165) is 15.4 Å². The first-order valence-corrected chi connectivity index (χ1v) is 14.7. The van der Waals surface area contributed by atoms with Gasteiger partial charge in [0.1, 0.15) is 23.8 Å². The van der Waals surface area contributed by atoms with E-state index in [0.29, 0.717) is 22.8 Å². The first-order chi connectivity index (χ1) is 20.7. The molecule has 0 aliphatic heterocycles. The Morgan fingerprint density at radius 3 is 2.35 bits per heavy atom. The normalized spacial score (nSPS) is 11.2. The Hall–Kier alpha value is -5.10. The zero-order valence-corrected chi connectivity index (χ0v) is 24.8. The molecule has 1 heterocycles. The summed E-state index contributed by atoms with van der Waals surface area (Å²) >= 11 is 0. The molecule has 4 aromatic rings. The zero-order valence-electron chi connectivity index (χ0n) is 23.9. The van der Waals surface area contributed by atoms with Crippen LogP contribution in [-0.2, 0) is 26.2 Å². The quantitative estimate of drug-likeness (QED) is 0.174. The third kappa shape index (κ3) is 8.46. The molecule has 0 aliphatic rings. The van der Waals surface area contributed by atoms with Crippen LogP contribution < -0.4 is 24.5 Å². The number of benzene rings is 3. The van der Waals surface area contributed by atoms with Gasteiger partial charge in [0, 0.05) is 0 Å². The van der Waals surface area contributed by atoms with Gasteiger partial charge >= 0.3 is 0 Å². The summed E-state index contributed by atoms with van der Waals surface area (Å²) in [5.74, 6) is 0.454. The van der Waals surface area contributed by atoms with Crippen molar-refractivity contribution in [3.63, 3.8) is 0 Å². The lowest BCUT2D eigenvalue weighted by atomic mass is 10.2. The number of hydrogen-bond donors (Lipinski definition) is 2. The van der Waals surface area contributed by atoms with Crippen LogP contribution in [-0.4, -0.2) is 46.7 Å². The van der Waals surface area contributed by atoms with Crippen LogP contribution in [0, 0.1) is 13.8 Å². The molecular formula is C31H32N4O7S. The van der Waals surface area contributed by atoms with Crippen LogP contribution in [0.15, 0.2) is 99.5 Å². The van der Waals surface area contributed by atoms with E-state index in [1.165, 1.54) is 31.7 Å². The molecule has 0 fully saturated rings. The van der Waals surface area contributed by atoms with Gasteiger partial charge in [0.05, 0.1) is 36.7 Å². The van der Waals surface area contributed by atoms with Crippen LogP contribution in [0.2, 0.25) is 0 Å². The summed E-state index contributed by atoms with van der Waals surface area (Å²) in [6.07, 6.45) is 2.94. The molecule has 224 valence electrons. The van der Waals surface area contributed by atoms with Crippen molar-refractivity contribution in [2.24, 2.45) is 5.10 Å². The van der Waals surface area contributed by atoms with Gasteiger partial charge in [-0.3, -0.25) is 13.9 Å². The van der Waals surface area contributed by atoms with Crippen molar-refractivity contribution >= 4 is 33.7 Å². The first-order valence-electron chi connectivity index (χ1n) is 13.2. The van der Waals surface area contributed by atoms with Crippen molar-refractivity contribution in [2.75, 3.05) is 24.6 Å². The number of sulfonamides is 1. The minimum absolute atomic E-state index is 0.0373. The summed E-state index contributed by atoms with van der Waals surface area (Å²) in [5.41, 5.74) is 4.95. The maximum Gasteiger partial charge on any atom is 0.264 e. The smallest absolute Gasteiger partial charge is 0.264 e. The second-order valence-electron chi connectivity index (χ2n) is 9.51. The lowest BCUT2D eigenvalue weighted by Crippen LogP contribution is -2.39. The SMILES string of the molecule is COc1ccc(C)cc1N(CC(=O)N/N=C\c1ccc(OCC(=O)NCc2ccco2)cc1)S(=O)(=O)c1ccc(C)cc1. The summed E-state index contributed by atoms with van der Waals surface area (Å²) in [7, 11) is -2.70. The zero-order chi connectivity index (χ0) is 30.8. The lowest BCUT2D eigenvalue weighted by molar-refractivity contribution is -0.123. The number of amides is 2. The highest BCUT2D eigenvalue weighted by molar-refractivity contribution is 7.92. The molecule has 0 saturated carbocycles. The molecule has 0 aliphatic carbocycles. The number of ether oxygens (including phenoxy) is 2. The predicted molar refractivity (Wildman–Crippen MR) is 162 cm³/mol. The van der Waals surface area contributed by atoms with Crippen molar-refractivity contribution in [3.8, 4) is 11.5 Å². The number of carbonyl (C=O) groups excluding carboxylic acids is 2. The predicted octanol–water partition coefficient (Wildman–Crippen LogP) is 3.95. The highest BCUT2D eigenvalue weighted by Gasteiger charge is 2.29. The van der Waals surface area contributed by atoms with E-state index in [-0.39, 0.29) is 29.6 Å². The number of hydrogen-bond acceptors (Lipinski definition) is 8. The number of nitrogens with one attached hydrogen (secondary N) is 2. The second kappa shape index (κ2) is 14.2. The van der Waals surface area contributed by atoms with Gasteiger partial charge in [-0.25, -0.2) is 13.8 Å².